The molecule has 19 heavy (non-hydrogen) atoms. The molecule has 102 valence electrons. The molecule has 0 amide bonds. The number of nitrogens with two attached hydrogens (primary N) is 1. The van der Waals surface area contributed by atoms with Crippen LogP contribution in [0.15, 0.2) is 12.1 Å². The number of hydrogen-bond donors (Lipinski definition) is 2. The number of rotatable bonds is 2. The first kappa shape index (κ1) is 13.5. The molecule has 1 aromatic heterocycles. The molecular weight excluding hydrogens is 285 g/mol. The summed E-state index contributed by atoms with van der Waals surface area (Å²) < 4.78 is 42.3. The maximum atomic E-state index is 12.4. The topological polar surface area (TPSA) is 76.8 Å². The van der Waals surface area contributed by atoms with Gasteiger partial charge in [-0.25, -0.2) is 4.98 Å². The average molecular weight is 293 g/mol. The smallest absolute Gasteiger partial charge is 0.451 e. The summed E-state index contributed by atoms with van der Waals surface area (Å²) in [5.74, 6) is -1.14. The van der Waals surface area contributed by atoms with Crippen molar-refractivity contribution in [1.29, 1.82) is 0 Å². The number of halogens is 4. The molecule has 0 saturated carbocycles. The van der Waals surface area contributed by atoms with E-state index in [-0.39, 0.29) is 27.8 Å². The van der Waals surface area contributed by atoms with Crippen LogP contribution in [-0.4, -0.2) is 22.3 Å². The first-order valence-corrected chi connectivity index (χ1v) is 5.33. The Morgan fingerprint density at radius 2 is 2.05 bits per heavy atom. The number of nitrogens with zero attached hydrogens (tertiary/aromatic N) is 2. The van der Waals surface area contributed by atoms with E-state index in [0.717, 1.165) is 0 Å². The molecule has 0 fully saturated rings. The number of nitrogens with one attached hydrogen (secondary N) is 1. The summed E-state index contributed by atoms with van der Waals surface area (Å²) in [6, 6.07) is 2.74. The second-order valence-electron chi connectivity index (χ2n) is 3.58. The van der Waals surface area contributed by atoms with Crippen molar-refractivity contribution in [2.24, 2.45) is 0 Å². The first-order chi connectivity index (χ1) is 8.82. The standard InChI is InChI=1S/C10H8ClF3N4O/c1-19-7-3-6(15)5(11)2-4(7)8-16-9(18-17-8)10(12,13)14/h2-3H,15H2,1H3,(H,16,17,18). The van der Waals surface area contributed by atoms with E-state index in [1.54, 1.807) is 0 Å². The Balaban J connectivity index is 2.53. The van der Waals surface area contributed by atoms with Gasteiger partial charge in [0.25, 0.3) is 0 Å². The van der Waals surface area contributed by atoms with Crippen molar-refractivity contribution >= 4 is 17.3 Å². The van der Waals surface area contributed by atoms with E-state index in [0.29, 0.717) is 0 Å². The van der Waals surface area contributed by atoms with Gasteiger partial charge in [0.05, 0.1) is 23.4 Å². The number of aromatic nitrogens is 3. The molecule has 1 aromatic carbocycles. The molecule has 0 saturated heterocycles. The van der Waals surface area contributed by atoms with Crippen molar-refractivity contribution in [2.75, 3.05) is 12.8 Å². The Morgan fingerprint density at radius 1 is 1.37 bits per heavy atom. The maximum Gasteiger partial charge on any atom is 0.451 e. The number of benzene rings is 1. The fourth-order valence-corrected chi connectivity index (χ4v) is 1.59. The van der Waals surface area contributed by atoms with Gasteiger partial charge >= 0.3 is 6.18 Å². The summed E-state index contributed by atoms with van der Waals surface area (Å²) >= 11 is 5.82. The summed E-state index contributed by atoms with van der Waals surface area (Å²) in [7, 11) is 1.35. The van der Waals surface area contributed by atoms with Gasteiger partial charge in [0.2, 0.25) is 5.82 Å². The van der Waals surface area contributed by atoms with Gasteiger partial charge in [-0.2, -0.15) is 18.3 Å². The lowest BCUT2D eigenvalue weighted by Gasteiger charge is -2.08. The third-order valence-electron chi connectivity index (χ3n) is 2.31. The highest BCUT2D eigenvalue weighted by atomic mass is 35.5. The Morgan fingerprint density at radius 3 is 2.58 bits per heavy atom. The highest BCUT2D eigenvalue weighted by molar-refractivity contribution is 6.33. The minimum Gasteiger partial charge on any atom is -0.496 e. The van der Waals surface area contributed by atoms with E-state index in [1.807, 2.05) is 5.10 Å². The second-order valence-corrected chi connectivity index (χ2v) is 3.99. The molecule has 0 bridgehead atoms. The van der Waals surface area contributed by atoms with Crippen molar-refractivity contribution in [3.05, 3.63) is 23.0 Å². The second kappa shape index (κ2) is 4.61. The number of H-pyrrole nitrogens is 1. The molecule has 2 aromatic rings. The van der Waals surface area contributed by atoms with Crippen LogP contribution in [0.1, 0.15) is 5.82 Å². The van der Waals surface area contributed by atoms with Gasteiger partial charge in [-0.15, -0.1) is 0 Å². The summed E-state index contributed by atoms with van der Waals surface area (Å²) in [4.78, 5) is 3.36. The summed E-state index contributed by atoms with van der Waals surface area (Å²) in [5, 5.41) is 5.49. The number of alkyl halides is 3. The monoisotopic (exact) mass is 292 g/mol. The van der Waals surface area contributed by atoms with Gasteiger partial charge in [-0.1, -0.05) is 11.6 Å². The minimum atomic E-state index is -4.60. The molecule has 5 nitrogen and oxygen atoms in total. The fraction of sp³-hybridized carbons (Fsp3) is 0.200. The summed E-state index contributed by atoms with van der Waals surface area (Å²) in [6.45, 7) is 0. The lowest BCUT2D eigenvalue weighted by atomic mass is 10.1. The van der Waals surface area contributed by atoms with Crippen LogP contribution in [0.3, 0.4) is 0 Å². The molecule has 0 radical (unpaired) electrons. The molecule has 2 rings (SSSR count). The van der Waals surface area contributed by atoms with E-state index in [2.05, 4.69) is 10.1 Å². The van der Waals surface area contributed by atoms with Crippen molar-refractivity contribution in [3.8, 4) is 17.1 Å². The van der Waals surface area contributed by atoms with Crippen molar-refractivity contribution in [1.82, 2.24) is 15.2 Å². The molecule has 0 aliphatic heterocycles. The average Bonchev–Trinajstić information content (AvgIpc) is 2.81. The molecule has 9 heteroatoms. The van der Waals surface area contributed by atoms with Crippen LogP contribution in [-0.2, 0) is 6.18 Å². The highest BCUT2D eigenvalue weighted by Gasteiger charge is 2.35. The third-order valence-corrected chi connectivity index (χ3v) is 2.64. The predicted octanol–water partition coefficient (Wildman–Crippen LogP) is 2.73. The van der Waals surface area contributed by atoms with Crippen molar-refractivity contribution in [2.45, 2.75) is 6.18 Å². The summed E-state index contributed by atoms with van der Waals surface area (Å²) in [5.41, 5.74) is 6.04. The molecule has 0 atom stereocenters. The Labute approximate surface area is 110 Å². The molecule has 0 aliphatic rings. The van der Waals surface area contributed by atoms with E-state index < -0.39 is 12.0 Å². The molecule has 0 unspecified atom stereocenters. The number of hydrogen-bond acceptors (Lipinski definition) is 4. The van der Waals surface area contributed by atoms with E-state index in [1.165, 1.54) is 19.2 Å². The number of nitrogen functional groups attached to an aromatic ring is 1. The van der Waals surface area contributed by atoms with Gasteiger partial charge in [0.15, 0.2) is 5.82 Å². The number of methoxy groups -OCH3 is 1. The SMILES string of the molecule is COc1cc(N)c(Cl)cc1-c1n[nH]c(C(F)(F)F)n1. The van der Waals surface area contributed by atoms with Gasteiger partial charge in [-0.3, -0.25) is 5.10 Å². The van der Waals surface area contributed by atoms with Crippen LogP contribution in [0.4, 0.5) is 18.9 Å². The molecule has 3 N–H and O–H groups in total. The highest BCUT2D eigenvalue weighted by Crippen LogP contribution is 2.35. The van der Waals surface area contributed by atoms with E-state index in [9.17, 15) is 13.2 Å². The van der Waals surface area contributed by atoms with Crippen LogP contribution in [0, 0.1) is 0 Å². The van der Waals surface area contributed by atoms with Gasteiger partial charge < -0.3 is 10.5 Å². The van der Waals surface area contributed by atoms with Crippen LogP contribution >= 0.6 is 11.6 Å². The van der Waals surface area contributed by atoms with Crippen molar-refractivity contribution < 1.29 is 17.9 Å². The predicted molar refractivity (Wildman–Crippen MR) is 62.8 cm³/mol. The maximum absolute atomic E-state index is 12.4. The Kier molecular flexibility index (Phi) is 3.27. The lowest BCUT2D eigenvalue weighted by Crippen LogP contribution is -2.07. The quantitative estimate of drug-likeness (QED) is 0.834. The van der Waals surface area contributed by atoms with Crippen LogP contribution < -0.4 is 10.5 Å². The van der Waals surface area contributed by atoms with Gasteiger partial charge in [0.1, 0.15) is 5.75 Å². The van der Waals surface area contributed by atoms with Gasteiger partial charge in [-0.05, 0) is 6.07 Å². The van der Waals surface area contributed by atoms with Crippen molar-refractivity contribution in [3.63, 3.8) is 0 Å². The molecule has 1 heterocycles. The first-order valence-electron chi connectivity index (χ1n) is 4.96. The summed E-state index contributed by atoms with van der Waals surface area (Å²) in [6.07, 6.45) is -4.60. The number of ether oxygens (including phenoxy) is 1. The van der Waals surface area contributed by atoms with E-state index >= 15 is 0 Å². The van der Waals surface area contributed by atoms with E-state index in [4.69, 9.17) is 22.1 Å². The molecule has 0 spiro atoms. The van der Waals surface area contributed by atoms with Crippen LogP contribution in [0.5, 0.6) is 5.75 Å². The Hall–Kier alpha value is -1.96. The zero-order valence-corrected chi connectivity index (χ0v) is 10.3. The fourth-order valence-electron chi connectivity index (χ4n) is 1.42. The largest absolute Gasteiger partial charge is 0.496 e. The third kappa shape index (κ3) is 2.58. The number of anilines is 1. The minimum absolute atomic E-state index is 0.175. The molecule has 0 aliphatic carbocycles. The normalized spacial score (nSPS) is 11.6. The van der Waals surface area contributed by atoms with Crippen LogP contribution in [0.25, 0.3) is 11.4 Å². The van der Waals surface area contributed by atoms with Gasteiger partial charge in [0, 0.05) is 6.07 Å². The number of aromatic amines is 1. The zero-order chi connectivity index (χ0) is 14.2. The molecular formula is C10H8ClF3N4O. The Bertz CT molecular complexity index is 611. The lowest BCUT2D eigenvalue weighted by molar-refractivity contribution is -0.144. The zero-order valence-electron chi connectivity index (χ0n) is 9.55. The van der Waals surface area contributed by atoms with Crippen LogP contribution in [0.2, 0.25) is 5.02 Å².